The summed E-state index contributed by atoms with van der Waals surface area (Å²) >= 11 is 2.32. The molecule has 0 aliphatic heterocycles. The van der Waals surface area contributed by atoms with Crippen molar-refractivity contribution in [2.45, 2.75) is 38.0 Å². The number of aryl methyl sites for hydroxylation is 1. The fourth-order valence-electron chi connectivity index (χ4n) is 3.45. The minimum absolute atomic E-state index is 0.0267. The first-order chi connectivity index (χ1) is 10.0. The number of aromatic carboxylic acids is 1. The van der Waals surface area contributed by atoms with Crippen molar-refractivity contribution in [3.05, 3.63) is 27.0 Å². The van der Waals surface area contributed by atoms with Gasteiger partial charge in [-0.2, -0.15) is 0 Å². The molecule has 1 saturated carbocycles. The van der Waals surface area contributed by atoms with Crippen LogP contribution in [0.5, 0.6) is 5.75 Å². The molecular formula is C16H18INO3. The van der Waals surface area contributed by atoms with Gasteiger partial charge in [-0.05, 0) is 41.5 Å². The van der Waals surface area contributed by atoms with Crippen molar-refractivity contribution in [3.63, 3.8) is 0 Å². The van der Waals surface area contributed by atoms with Crippen LogP contribution in [-0.4, -0.2) is 20.7 Å². The van der Waals surface area contributed by atoms with E-state index in [1.54, 1.807) is 12.1 Å². The van der Waals surface area contributed by atoms with Gasteiger partial charge in [-0.3, -0.25) is 0 Å². The summed E-state index contributed by atoms with van der Waals surface area (Å²) in [5.41, 5.74) is 2.16. The summed E-state index contributed by atoms with van der Waals surface area (Å²) in [4.78, 5) is 11.2. The van der Waals surface area contributed by atoms with Crippen molar-refractivity contribution in [2.75, 3.05) is 0 Å². The van der Waals surface area contributed by atoms with E-state index in [4.69, 9.17) is 0 Å². The third-order valence-electron chi connectivity index (χ3n) is 4.52. The smallest absolute Gasteiger partial charge is 0.339 e. The zero-order valence-corrected chi connectivity index (χ0v) is 14.1. The highest BCUT2D eigenvalue weighted by atomic mass is 127. The maximum Gasteiger partial charge on any atom is 0.339 e. The van der Waals surface area contributed by atoms with E-state index < -0.39 is 5.97 Å². The number of aromatic nitrogens is 1. The molecule has 2 N–H and O–H groups in total. The van der Waals surface area contributed by atoms with Crippen LogP contribution >= 0.6 is 22.6 Å². The number of aromatic hydroxyl groups is 1. The van der Waals surface area contributed by atoms with Crippen LogP contribution < -0.4 is 0 Å². The number of carboxylic acid groups (broad SMARTS) is 1. The molecule has 0 saturated heterocycles. The van der Waals surface area contributed by atoms with Gasteiger partial charge >= 0.3 is 5.97 Å². The lowest BCUT2D eigenvalue weighted by Gasteiger charge is -2.23. The van der Waals surface area contributed by atoms with Gasteiger partial charge in [0.05, 0.1) is 5.52 Å². The van der Waals surface area contributed by atoms with Gasteiger partial charge in [-0.25, -0.2) is 4.79 Å². The number of carbonyl (C=O) groups is 1. The van der Waals surface area contributed by atoms with E-state index in [0.29, 0.717) is 5.92 Å². The Morgan fingerprint density at radius 3 is 2.57 bits per heavy atom. The molecule has 0 spiro atoms. The molecule has 1 aliphatic carbocycles. The number of hydrogen-bond acceptors (Lipinski definition) is 2. The fraction of sp³-hybridized carbons (Fsp3) is 0.438. The fourth-order valence-corrected chi connectivity index (χ4v) is 4.68. The molecule has 1 fully saturated rings. The van der Waals surface area contributed by atoms with E-state index in [9.17, 15) is 15.0 Å². The van der Waals surface area contributed by atoms with Gasteiger partial charge in [-0.1, -0.05) is 19.3 Å². The molecule has 112 valence electrons. The Kier molecular flexibility index (Phi) is 3.86. The normalized spacial score (nSPS) is 16.5. The third-order valence-corrected chi connectivity index (χ3v) is 5.65. The molecule has 1 aromatic heterocycles. The predicted octanol–water partition coefficient (Wildman–Crippen LogP) is 4.23. The Morgan fingerprint density at radius 1 is 1.29 bits per heavy atom. The standard InChI is InChI=1S/C16H18INO3/c1-18-12-8-13(19)11(16(20)21)7-10(12)14(17)15(18)9-5-3-2-4-6-9/h7-9,19H,2-6H2,1H3,(H,20,21). The third kappa shape index (κ3) is 2.41. The number of fused-ring (bicyclic) bond motifs is 1. The minimum Gasteiger partial charge on any atom is -0.507 e. The predicted molar refractivity (Wildman–Crippen MR) is 90.1 cm³/mol. The number of hydrogen-bond donors (Lipinski definition) is 2. The zero-order chi connectivity index (χ0) is 15.1. The van der Waals surface area contributed by atoms with Crippen LogP contribution in [0.4, 0.5) is 0 Å². The molecule has 21 heavy (non-hydrogen) atoms. The summed E-state index contributed by atoms with van der Waals surface area (Å²) in [5.74, 6) is -0.714. The van der Waals surface area contributed by atoms with Crippen LogP contribution in [0.1, 0.15) is 54.1 Å². The largest absolute Gasteiger partial charge is 0.507 e. The monoisotopic (exact) mass is 399 g/mol. The molecule has 4 nitrogen and oxygen atoms in total. The van der Waals surface area contributed by atoms with Crippen LogP contribution in [0.2, 0.25) is 0 Å². The number of phenols is 1. The molecule has 0 bridgehead atoms. The lowest BCUT2D eigenvalue weighted by molar-refractivity contribution is 0.0694. The Labute approximate surface area is 136 Å². The van der Waals surface area contributed by atoms with Crippen molar-refractivity contribution >= 4 is 39.5 Å². The first-order valence-electron chi connectivity index (χ1n) is 7.24. The highest BCUT2D eigenvalue weighted by Gasteiger charge is 2.25. The van der Waals surface area contributed by atoms with Gasteiger partial charge in [0.1, 0.15) is 11.3 Å². The molecular weight excluding hydrogens is 381 g/mol. The van der Waals surface area contributed by atoms with E-state index in [2.05, 4.69) is 27.2 Å². The topological polar surface area (TPSA) is 62.5 Å². The van der Waals surface area contributed by atoms with Gasteiger partial charge < -0.3 is 14.8 Å². The van der Waals surface area contributed by atoms with Crippen molar-refractivity contribution in [1.82, 2.24) is 4.57 Å². The van der Waals surface area contributed by atoms with Crippen LogP contribution in [0.15, 0.2) is 12.1 Å². The number of rotatable bonds is 2. The number of nitrogens with zero attached hydrogens (tertiary/aromatic N) is 1. The zero-order valence-electron chi connectivity index (χ0n) is 11.9. The quantitative estimate of drug-likeness (QED) is 0.743. The van der Waals surface area contributed by atoms with Gasteiger partial charge in [0.15, 0.2) is 0 Å². The lowest BCUT2D eigenvalue weighted by atomic mass is 9.87. The van der Waals surface area contributed by atoms with E-state index in [1.165, 1.54) is 37.8 Å². The Morgan fingerprint density at radius 2 is 1.95 bits per heavy atom. The van der Waals surface area contributed by atoms with Gasteiger partial charge in [-0.15, -0.1) is 0 Å². The first-order valence-corrected chi connectivity index (χ1v) is 8.32. The Bertz CT molecular complexity index is 714. The molecule has 2 aromatic rings. The van der Waals surface area contributed by atoms with Crippen LogP contribution in [-0.2, 0) is 7.05 Å². The van der Waals surface area contributed by atoms with Crippen LogP contribution in [0.3, 0.4) is 0 Å². The van der Waals surface area contributed by atoms with Crippen molar-refractivity contribution in [1.29, 1.82) is 0 Å². The summed E-state index contributed by atoms with van der Waals surface area (Å²) in [6, 6.07) is 3.17. The molecule has 0 amide bonds. The SMILES string of the molecule is Cn1c(C2CCCCC2)c(I)c2cc(C(=O)O)c(O)cc21. The second kappa shape index (κ2) is 5.51. The van der Waals surface area contributed by atoms with Gasteiger partial charge in [0, 0.05) is 33.7 Å². The second-order valence-corrected chi connectivity index (χ2v) is 6.86. The molecule has 1 heterocycles. The number of benzene rings is 1. The summed E-state index contributed by atoms with van der Waals surface area (Å²) in [5, 5.41) is 20.0. The molecule has 0 atom stereocenters. The first kappa shape index (κ1) is 14.7. The molecule has 3 rings (SSSR count). The molecule has 1 aromatic carbocycles. The van der Waals surface area contributed by atoms with Gasteiger partial charge in [0.25, 0.3) is 0 Å². The van der Waals surface area contributed by atoms with E-state index in [0.717, 1.165) is 14.5 Å². The number of carboxylic acids is 1. The Hall–Kier alpha value is -1.24. The maximum absolute atomic E-state index is 11.2. The van der Waals surface area contributed by atoms with Crippen molar-refractivity contribution < 1.29 is 15.0 Å². The maximum atomic E-state index is 11.2. The summed E-state index contributed by atoms with van der Waals surface area (Å²) < 4.78 is 3.25. The average Bonchev–Trinajstić information content (AvgIpc) is 2.70. The highest BCUT2D eigenvalue weighted by molar-refractivity contribution is 14.1. The lowest BCUT2D eigenvalue weighted by Crippen LogP contribution is -2.10. The molecule has 1 aliphatic rings. The van der Waals surface area contributed by atoms with E-state index in [-0.39, 0.29) is 11.3 Å². The highest BCUT2D eigenvalue weighted by Crippen LogP contribution is 2.40. The summed E-state index contributed by atoms with van der Waals surface area (Å²) in [6.45, 7) is 0. The Balaban J connectivity index is 2.20. The van der Waals surface area contributed by atoms with Gasteiger partial charge in [0.2, 0.25) is 0 Å². The van der Waals surface area contributed by atoms with Crippen LogP contribution in [0.25, 0.3) is 10.9 Å². The molecule has 5 heteroatoms. The van der Waals surface area contributed by atoms with Crippen LogP contribution in [0, 0.1) is 3.57 Å². The average molecular weight is 399 g/mol. The summed E-state index contributed by atoms with van der Waals surface area (Å²) in [7, 11) is 2.01. The number of halogens is 1. The van der Waals surface area contributed by atoms with E-state index in [1.807, 2.05) is 7.05 Å². The second-order valence-electron chi connectivity index (χ2n) is 5.78. The van der Waals surface area contributed by atoms with Crippen molar-refractivity contribution in [2.24, 2.45) is 7.05 Å². The molecule has 0 unspecified atom stereocenters. The van der Waals surface area contributed by atoms with Crippen molar-refractivity contribution in [3.8, 4) is 5.75 Å². The summed E-state index contributed by atoms with van der Waals surface area (Å²) in [6.07, 6.45) is 6.21. The molecule has 0 radical (unpaired) electrons. The van der Waals surface area contributed by atoms with E-state index >= 15 is 0 Å². The minimum atomic E-state index is -1.09.